The molecule has 5 rings (SSSR count). The maximum atomic E-state index is 12.7. The fourth-order valence-electron chi connectivity index (χ4n) is 5.03. The number of para-hydroxylation sites is 1. The van der Waals surface area contributed by atoms with Crippen LogP contribution in [0.15, 0.2) is 57.9 Å². The van der Waals surface area contributed by atoms with E-state index in [2.05, 4.69) is 15.6 Å². The highest BCUT2D eigenvalue weighted by Gasteiger charge is 2.25. The van der Waals surface area contributed by atoms with Gasteiger partial charge in [0.2, 0.25) is 5.91 Å². The van der Waals surface area contributed by atoms with Crippen LogP contribution in [0.25, 0.3) is 21.9 Å². The number of carbonyl (C=O) groups is 3. The highest BCUT2D eigenvalue weighted by molar-refractivity contribution is 5.91. The second-order valence-electron chi connectivity index (χ2n) is 9.75. The lowest BCUT2D eigenvalue weighted by Gasteiger charge is -2.19. The Balaban J connectivity index is 1.17. The van der Waals surface area contributed by atoms with Crippen molar-refractivity contribution in [3.63, 3.8) is 0 Å². The minimum absolute atomic E-state index is 0.0795. The van der Waals surface area contributed by atoms with Crippen molar-refractivity contribution in [1.82, 2.24) is 15.6 Å². The third-order valence-electron chi connectivity index (χ3n) is 7.05. The Morgan fingerprint density at radius 1 is 1.05 bits per heavy atom. The number of rotatable bonds is 9. The van der Waals surface area contributed by atoms with Crippen LogP contribution in [0.3, 0.4) is 0 Å². The molecular weight excluding hydrogens is 502 g/mol. The highest BCUT2D eigenvalue weighted by Crippen LogP contribution is 2.29. The van der Waals surface area contributed by atoms with E-state index in [1.54, 1.807) is 18.3 Å². The van der Waals surface area contributed by atoms with Gasteiger partial charge in [-0.3, -0.25) is 9.59 Å². The molecule has 2 heterocycles. The van der Waals surface area contributed by atoms with Gasteiger partial charge in [-0.05, 0) is 61.9 Å². The molecule has 1 aliphatic rings. The number of H-pyrrole nitrogens is 1. The number of hydrogen-bond acceptors (Lipinski definition) is 6. The Morgan fingerprint density at radius 3 is 2.62 bits per heavy atom. The Bertz CT molecular complexity index is 1620. The molecule has 1 aliphatic carbocycles. The summed E-state index contributed by atoms with van der Waals surface area (Å²) in [7, 11) is 0. The van der Waals surface area contributed by atoms with Crippen LogP contribution in [0.2, 0.25) is 0 Å². The molecule has 10 nitrogen and oxygen atoms in total. The lowest BCUT2D eigenvalue weighted by atomic mass is 9.91. The van der Waals surface area contributed by atoms with Crippen molar-refractivity contribution < 1.29 is 28.6 Å². The molecule has 4 aromatic rings. The van der Waals surface area contributed by atoms with Gasteiger partial charge in [-0.25, -0.2) is 9.59 Å². The quantitative estimate of drug-likeness (QED) is 0.243. The summed E-state index contributed by atoms with van der Waals surface area (Å²) in [4.78, 5) is 52.4. The monoisotopic (exact) mass is 531 g/mol. The molecule has 0 fully saturated rings. The molecule has 0 unspecified atom stereocenters. The summed E-state index contributed by atoms with van der Waals surface area (Å²) in [6.45, 7) is 1.08. The van der Waals surface area contributed by atoms with E-state index >= 15 is 0 Å². The van der Waals surface area contributed by atoms with Crippen LogP contribution in [-0.4, -0.2) is 46.6 Å². The first-order valence-electron chi connectivity index (χ1n) is 12.9. The number of carboxylic acids is 1. The number of aromatic amines is 1. The van der Waals surface area contributed by atoms with E-state index in [1.807, 2.05) is 30.3 Å². The molecule has 0 bridgehead atoms. The number of aryl methyl sites for hydroxylation is 1. The van der Waals surface area contributed by atoms with Crippen LogP contribution in [0.1, 0.15) is 36.5 Å². The molecule has 0 saturated carbocycles. The van der Waals surface area contributed by atoms with Crippen LogP contribution in [0.4, 0.5) is 0 Å². The minimum atomic E-state index is -1.18. The van der Waals surface area contributed by atoms with Crippen molar-refractivity contribution in [3.8, 4) is 5.75 Å². The van der Waals surface area contributed by atoms with Gasteiger partial charge in [-0.1, -0.05) is 18.2 Å². The molecule has 0 aliphatic heterocycles. The van der Waals surface area contributed by atoms with Crippen LogP contribution in [0.5, 0.6) is 5.75 Å². The normalized spacial score (nSPS) is 14.4. The summed E-state index contributed by atoms with van der Waals surface area (Å²) in [5.74, 6) is -2.03. The average molecular weight is 532 g/mol. The smallest absolute Gasteiger partial charge is 0.339 e. The van der Waals surface area contributed by atoms with Gasteiger partial charge in [0.05, 0.1) is 0 Å². The lowest BCUT2D eigenvalue weighted by molar-refractivity contribution is -0.142. The number of fused-ring (bicyclic) bond motifs is 4. The van der Waals surface area contributed by atoms with Crippen molar-refractivity contribution in [1.29, 1.82) is 0 Å². The van der Waals surface area contributed by atoms with E-state index in [0.717, 1.165) is 52.2 Å². The number of carbonyl (C=O) groups excluding carboxylic acids is 2. The first-order valence-corrected chi connectivity index (χ1v) is 12.9. The van der Waals surface area contributed by atoms with Gasteiger partial charge >= 0.3 is 11.6 Å². The maximum absolute atomic E-state index is 12.7. The number of aromatic nitrogens is 1. The van der Waals surface area contributed by atoms with E-state index in [9.17, 15) is 24.3 Å². The first kappa shape index (κ1) is 26.0. The zero-order valence-electron chi connectivity index (χ0n) is 21.4. The summed E-state index contributed by atoms with van der Waals surface area (Å²) in [6, 6.07) is 10.4. The van der Waals surface area contributed by atoms with E-state index in [0.29, 0.717) is 17.8 Å². The van der Waals surface area contributed by atoms with Crippen molar-refractivity contribution in [2.45, 2.75) is 51.1 Å². The van der Waals surface area contributed by atoms with Crippen molar-refractivity contribution in [3.05, 3.63) is 75.8 Å². The number of amides is 2. The van der Waals surface area contributed by atoms with E-state index < -0.39 is 29.9 Å². The average Bonchev–Trinajstić information content (AvgIpc) is 3.34. The third-order valence-corrected chi connectivity index (χ3v) is 7.05. The van der Waals surface area contributed by atoms with Crippen LogP contribution in [0, 0.1) is 0 Å². The van der Waals surface area contributed by atoms with Gasteiger partial charge in [-0.2, -0.15) is 0 Å². The summed E-state index contributed by atoms with van der Waals surface area (Å²) in [5, 5.41) is 16.4. The number of benzene rings is 2. The Hall–Kier alpha value is -4.60. The predicted molar refractivity (Wildman–Crippen MR) is 144 cm³/mol. The second kappa shape index (κ2) is 11.0. The van der Waals surface area contributed by atoms with Crippen molar-refractivity contribution in [2.24, 2.45) is 0 Å². The molecule has 39 heavy (non-hydrogen) atoms. The molecule has 202 valence electrons. The van der Waals surface area contributed by atoms with Gasteiger partial charge in [0.25, 0.3) is 5.91 Å². The molecule has 2 aromatic heterocycles. The molecule has 2 amide bonds. The molecule has 10 heteroatoms. The van der Waals surface area contributed by atoms with E-state index in [4.69, 9.17) is 9.15 Å². The zero-order valence-corrected chi connectivity index (χ0v) is 21.4. The predicted octanol–water partition coefficient (Wildman–Crippen LogP) is 2.85. The van der Waals surface area contributed by atoms with Crippen LogP contribution in [-0.2, 0) is 33.6 Å². The topological polar surface area (TPSA) is 151 Å². The third kappa shape index (κ3) is 5.64. The van der Waals surface area contributed by atoms with Gasteiger partial charge in [-0.15, -0.1) is 0 Å². The lowest BCUT2D eigenvalue weighted by Crippen LogP contribution is -2.51. The summed E-state index contributed by atoms with van der Waals surface area (Å²) in [5.41, 5.74) is 3.45. The number of aliphatic carboxylic acids is 1. The van der Waals surface area contributed by atoms with Crippen LogP contribution < -0.4 is 21.0 Å². The fraction of sp³-hybridized carbons (Fsp3) is 0.310. The standard InChI is InChI=1S/C29H29N3O7/c1-16(27(34)32-24(28(35)36)12-17-14-30-23-9-5-4-6-19(17)23)31-26(33)15-38-18-10-11-21-20-7-2-3-8-22(20)29(37)39-25(21)13-18/h4-6,9-11,13-14,16,24,30H,2-3,7-8,12,15H2,1H3,(H,31,33)(H,32,34)(H,35,36)/t16-,24-/m0/s1. The van der Waals surface area contributed by atoms with Gasteiger partial charge in [0.1, 0.15) is 23.4 Å². The Labute approximate surface area is 223 Å². The summed E-state index contributed by atoms with van der Waals surface area (Å²) >= 11 is 0. The molecule has 0 saturated heterocycles. The molecule has 2 aromatic carbocycles. The van der Waals surface area contributed by atoms with Gasteiger partial charge in [0, 0.05) is 40.5 Å². The number of ether oxygens (including phenoxy) is 1. The number of carboxylic acid groups (broad SMARTS) is 1. The van der Waals surface area contributed by atoms with E-state index in [-0.39, 0.29) is 18.7 Å². The highest BCUT2D eigenvalue weighted by atomic mass is 16.5. The first-order chi connectivity index (χ1) is 18.8. The Morgan fingerprint density at radius 2 is 1.82 bits per heavy atom. The Kier molecular flexibility index (Phi) is 7.36. The summed E-state index contributed by atoms with van der Waals surface area (Å²) < 4.78 is 11.0. The molecular formula is C29H29N3O7. The molecule has 0 radical (unpaired) electrons. The van der Waals surface area contributed by atoms with Crippen LogP contribution >= 0.6 is 0 Å². The zero-order chi connectivity index (χ0) is 27.5. The van der Waals surface area contributed by atoms with Gasteiger partial charge in [0.15, 0.2) is 6.61 Å². The van der Waals surface area contributed by atoms with Crippen molar-refractivity contribution in [2.75, 3.05) is 6.61 Å². The summed E-state index contributed by atoms with van der Waals surface area (Å²) in [6.07, 6.45) is 5.33. The van der Waals surface area contributed by atoms with E-state index in [1.165, 1.54) is 6.92 Å². The number of hydrogen-bond donors (Lipinski definition) is 4. The fourth-order valence-corrected chi connectivity index (χ4v) is 5.03. The van der Waals surface area contributed by atoms with Gasteiger partial charge < -0.3 is 29.9 Å². The number of nitrogens with one attached hydrogen (secondary N) is 3. The SMILES string of the molecule is C[C@H](NC(=O)COc1ccc2c3c(c(=O)oc2c1)CCCC3)C(=O)N[C@@H](Cc1c[nH]c2ccccc12)C(=O)O. The maximum Gasteiger partial charge on any atom is 0.339 e. The molecule has 0 spiro atoms. The largest absolute Gasteiger partial charge is 0.484 e. The van der Waals surface area contributed by atoms with Crippen molar-refractivity contribution >= 4 is 39.7 Å². The minimum Gasteiger partial charge on any atom is -0.484 e. The molecule has 4 N–H and O–H groups in total. The molecule has 2 atom stereocenters. The second-order valence-corrected chi connectivity index (χ2v) is 9.75.